The van der Waals surface area contributed by atoms with E-state index in [4.69, 9.17) is 0 Å². The first kappa shape index (κ1) is 31.7. The van der Waals surface area contributed by atoms with Crippen LogP contribution < -0.4 is 51.4 Å². The van der Waals surface area contributed by atoms with Crippen molar-refractivity contribution in [1.29, 1.82) is 0 Å². The van der Waals surface area contributed by atoms with Crippen LogP contribution in [0.4, 0.5) is 0 Å². The molecule has 0 aliphatic heterocycles. The standard InChI is InChI=1S/C22H46O4S.K/c1-3-5-7-9-11-12-13-15-17-21(23)19-20-22(27(24,25)26)18-16-14-10-8-6-4-2;/h21-23H,3-20H2,1-2H3,(H,24,25,26);/q;+1/p-1. The molecule has 0 aromatic rings. The molecule has 0 aromatic carbocycles. The van der Waals surface area contributed by atoms with Gasteiger partial charge in [-0.25, -0.2) is 8.42 Å². The average molecular weight is 445 g/mol. The molecule has 0 aliphatic rings. The third-order valence-electron chi connectivity index (χ3n) is 5.50. The molecule has 0 heterocycles. The second-order valence-corrected chi connectivity index (χ2v) is 9.82. The summed E-state index contributed by atoms with van der Waals surface area (Å²) in [6, 6.07) is 0. The second-order valence-electron chi connectivity index (χ2n) is 8.17. The van der Waals surface area contributed by atoms with Gasteiger partial charge in [-0.15, -0.1) is 0 Å². The van der Waals surface area contributed by atoms with E-state index in [2.05, 4.69) is 13.8 Å². The molecule has 0 saturated carbocycles. The third-order valence-corrected chi connectivity index (χ3v) is 6.79. The predicted molar refractivity (Wildman–Crippen MR) is 114 cm³/mol. The van der Waals surface area contributed by atoms with Crippen LogP contribution in [0.3, 0.4) is 0 Å². The maximum atomic E-state index is 11.5. The van der Waals surface area contributed by atoms with Gasteiger partial charge in [-0.2, -0.15) is 0 Å². The summed E-state index contributed by atoms with van der Waals surface area (Å²) in [6.45, 7) is 4.39. The first-order valence-electron chi connectivity index (χ1n) is 11.5. The molecule has 0 fully saturated rings. The van der Waals surface area contributed by atoms with Gasteiger partial charge in [-0.3, -0.25) is 0 Å². The summed E-state index contributed by atoms with van der Waals surface area (Å²) < 4.78 is 34.4. The van der Waals surface area contributed by atoms with Crippen LogP contribution in [0.25, 0.3) is 0 Å². The minimum atomic E-state index is -4.26. The van der Waals surface area contributed by atoms with E-state index in [-0.39, 0.29) is 51.4 Å². The molecular formula is C22H45KO4S. The number of hydrogen-bond donors (Lipinski definition) is 1. The van der Waals surface area contributed by atoms with Crippen molar-refractivity contribution in [1.82, 2.24) is 0 Å². The van der Waals surface area contributed by atoms with Crippen molar-refractivity contribution in [3.05, 3.63) is 0 Å². The van der Waals surface area contributed by atoms with E-state index in [1.54, 1.807) is 0 Å². The van der Waals surface area contributed by atoms with Crippen molar-refractivity contribution in [2.24, 2.45) is 0 Å². The molecule has 1 N–H and O–H groups in total. The normalized spacial score (nSPS) is 13.9. The quantitative estimate of drug-likeness (QED) is 0.177. The zero-order valence-corrected chi connectivity index (χ0v) is 22.9. The molecular weight excluding hydrogens is 399 g/mol. The molecule has 164 valence electrons. The maximum absolute atomic E-state index is 11.5. The molecule has 0 radical (unpaired) electrons. The molecule has 0 rings (SSSR count). The Morgan fingerprint density at radius 2 is 1.04 bits per heavy atom. The van der Waals surface area contributed by atoms with Crippen molar-refractivity contribution in [2.75, 3.05) is 0 Å². The van der Waals surface area contributed by atoms with Gasteiger partial charge >= 0.3 is 51.4 Å². The molecule has 0 spiro atoms. The first-order valence-corrected chi connectivity index (χ1v) is 13.0. The van der Waals surface area contributed by atoms with Crippen LogP contribution in [0, 0.1) is 0 Å². The summed E-state index contributed by atoms with van der Waals surface area (Å²) in [6.07, 6.45) is 17.7. The Labute approximate surface area is 218 Å². The molecule has 0 saturated heterocycles. The second kappa shape index (κ2) is 21.7. The predicted octanol–water partition coefficient (Wildman–Crippen LogP) is 3.33. The van der Waals surface area contributed by atoms with Gasteiger partial charge in [0.2, 0.25) is 0 Å². The maximum Gasteiger partial charge on any atom is 1.00 e. The minimum absolute atomic E-state index is 0. The number of aliphatic hydroxyl groups is 1. The van der Waals surface area contributed by atoms with Gasteiger partial charge < -0.3 is 9.66 Å². The first-order chi connectivity index (χ1) is 12.9. The van der Waals surface area contributed by atoms with Crippen LogP contribution in [0.15, 0.2) is 0 Å². The topological polar surface area (TPSA) is 77.4 Å². The van der Waals surface area contributed by atoms with E-state index in [1.165, 1.54) is 57.8 Å². The Morgan fingerprint density at radius 1 is 0.643 bits per heavy atom. The van der Waals surface area contributed by atoms with E-state index in [1.807, 2.05) is 0 Å². The summed E-state index contributed by atoms with van der Waals surface area (Å²) in [5, 5.41) is 9.29. The Bertz CT molecular complexity index is 415. The van der Waals surface area contributed by atoms with Crippen LogP contribution in [0.5, 0.6) is 0 Å². The summed E-state index contributed by atoms with van der Waals surface area (Å²) in [7, 11) is -4.26. The smallest absolute Gasteiger partial charge is 0.748 e. The fraction of sp³-hybridized carbons (Fsp3) is 1.00. The van der Waals surface area contributed by atoms with Gasteiger partial charge in [0.25, 0.3) is 0 Å². The van der Waals surface area contributed by atoms with Gasteiger partial charge in [0.15, 0.2) is 0 Å². The largest absolute Gasteiger partial charge is 1.00 e. The van der Waals surface area contributed by atoms with Crippen LogP contribution in [0.2, 0.25) is 0 Å². The van der Waals surface area contributed by atoms with E-state index < -0.39 is 21.5 Å². The molecule has 28 heavy (non-hydrogen) atoms. The van der Waals surface area contributed by atoms with E-state index in [0.29, 0.717) is 19.3 Å². The molecule has 0 bridgehead atoms. The number of aliphatic hydroxyl groups excluding tert-OH is 1. The van der Waals surface area contributed by atoms with E-state index in [9.17, 15) is 18.1 Å². The van der Waals surface area contributed by atoms with Crippen molar-refractivity contribution in [3.8, 4) is 0 Å². The number of unbranched alkanes of at least 4 members (excludes halogenated alkanes) is 12. The third kappa shape index (κ3) is 20.8. The molecule has 0 amide bonds. The summed E-state index contributed by atoms with van der Waals surface area (Å²) in [4.78, 5) is 0. The zero-order valence-electron chi connectivity index (χ0n) is 19.0. The van der Waals surface area contributed by atoms with Crippen molar-refractivity contribution < 1.29 is 69.5 Å². The van der Waals surface area contributed by atoms with Gasteiger partial charge in [-0.1, -0.05) is 104 Å². The van der Waals surface area contributed by atoms with Crippen LogP contribution in [0.1, 0.15) is 129 Å². The number of hydrogen-bond acceptors (Lipinski definition) is 4. The van der Waals surface area contributed by atoms with Gasteiger partial charge in [0.05, 0.1) is 16.2 Å². The monoisotopic (exact) mass is 444 g/mol. The molecule has 6 heteroatoms. The Kier molecular flexibility index (Phi) is 24.6. The van der Waals surface area contributed by atoms with Crippen LogP contribution >= 0.6 is 0 Å². The Hall–Kier alpha value is 1.51. The van der Waals surface area contributed by atoms with E-state index >= 15 is 0 Å². The van der Waals surface area contributed by atoms with E-state index in [0.717, 1.165) is 38.5 Å². The summed E-state index contributed by atoms with van der Waals surface area (Å²) in [5.41, 5.74) is 0. The zero-order chi connectivity index (χ0) is 20.4. The SMILES string of the molecule is CCCCCCCCCCC(O)CCC(CCCCCCCC)S(=O)(=O)[O-].[K+]. The fourth-order valence-corrected chi connectivity index (χ4v) is 4.50. The average Bonchev–Trinajstić information content (AvgIpc) is 2.61. The number of rotatable bonds is 20. The van der Waals surface area contributed by atoms with Crippen molar-refractivity contribution >= 4 is 10.1 Å². The van der Waals surface area contributed by atoms with Gasteiger partial charge in [-0.05, 0) is 25.7 Å². The minimum Gasteiger partial charge on any atom is -0.748 e. The molecule has 2 atom stereocenters. The molecule has 2 unspecified atom stereocenters. The van der Waals surface area contributed by atoms with Crippen molar-refractivity contribution in [3.63, 3.8) is 0 Å². The molecule has 4 nitrogen and oxygen atoms in total. The Balaban J connectivity index is 0. The van der Waals surface area contributed by atoms with Crippen LogP contribution in [-0.2, 0) is 10.1 Å². The van der Waals surface area contributed by atoms with Crippen molar-refractivity contribution in [2.45, 2.75) is 141 Å². The van der Waals surface area contributed by atoms with Gasteiger partial charge in [0, 0.05) is 5.25 Å². The molecule has 0 aromatic heterocycles. The van der Waals surface area contributed by atoms with Crippen LogP contribution in [-0.4, -0.2) is 29.4 Å². The Morgan fingerprint density at radius 3 is 1.46 bits per heavy atom. The van der Waals surface area contributed by atoms with Gasteiger partial charge in [0.1, 0.15) is 0 Å². The fourth-order valence-electron chi connectivity index (χ4n) is 3.62. The summed E-state index contributed by atoms with van der Waals surface area (Å²) in [5.74, 6) is 0. The molecule has 0 aliphatic carbocycles. The summed E-state index contributed by atoms with van der Waals surface area (Å²) >= 11 is 0.